The van der Waals surface area contributed by atoms with Crippen molar-refractivity contribution in [2.45, 2.75) is 103 Å². The first-order valence-corrected chi connectivity index (χ1v) is 12.5. The van der Waals surface area contributed by atoms with Gasteiger partial charge in [-0.05, 0) is 53.2 Å². The van der Waals surface area contributed by atoms with Crippen LogP contribution in [-0.2, 0) is 27.1 Å². The van der Waals surface area contributed by atoms with Crippen LogP contribution in [0.4, 0.5) is 0 Å². The molecule has 1 aromatic rings. The summed E-state index contributed by atoms with van der Waals surface area (Å²) in [5.41, 5.74) is 1.74. The maximum absolute atomic E-state index is 13.3. The van der Waals surface area contributed by atoms with Crippen LogP contribution >= 0.6 is 0 Å². The van der Waals surface area contributed by atoms with Gasteiger partial charge in [-0.15, -0.1) is 0 Å². The van der Waals surface area contributed by atoms with Crippen LogP contribution in [0.15, 0.2) is 23.1 Å². The first kappa shape index (κ1) is 24.5. The molecule has 2 rings (SSSR count). The minimum absolute atomic E-state index is 0.128. The number of hydrogen-bond donors (Lipinski definition) is 1. The first-order chi connectivity index (χ1) is 13.8. The lowest BCUT2D eigenvalue weighted by Gasteiger charge is -2.28. The maximum Gasteiger partial charge on any atom is 0.190 e. The summed E-state index contributed by atoms with van der Waals surface area (Å²) in [4.78, 5) is 0.430. The van der Waals surface area contributed by atoms with Gasteiger partial charge in [0.25, 0.3) is 0 Å². The number of allylic oxidation sites excluding steroid dienone is 2. The fourth-order valence-electron chi connectivity index (χ4n) is 4.00. The number of nitrogens with zero attached hydrogens (tertiary/aromatic N) is 1. The van der Waals surface area contributed by atoms with Crippen LogP contribution in [0.3, 0.4) is 0 Å². The van der Waals surface area contributed by atoms with Crippen LogP contribution < -0.4 is 0 Å². The van der Waals surface area contributed by atoms with E-state index in [1.807, 2.05) is 59.8 Å². The Bertz CT molecular complexity index is 903. The predicted molar refractivity (Wildman–Crippen MR) is 123 cm³/mol. The van der Waals surface area contributed by atoms with Crippen LogP contribution in [0.5, 0.6) is 5.75 Å². The highest BCUT2D eigenvalue weighted by Gasteiger charge is 2.32. The fourth-order valence-corrected chi connectivity index (χ4v) is 5.69. The first-order valence-electron chi connectivity index (χ1n) is 11.0. The van der Waals surface area contributed by atoms with Gasteiger partial charge < -0.3 is 5.11 Å². The highest BCUT2D eigenvalue weighted by Crippen LogP contribution is 2.40. The van der Waals surface area contributed by atoms with E-state index in [1.165, 1.54) is 0 Å². The molecular formula is C25H37NO3S. The third kappa shape index (κ3) is 5.66. The molecule has 1 aliphatic rings. The lowest BCUT2D eigenvalue weighted by Crippen LogP contribution is -2.25. The number of rotatable bonds is 4. The van der Waals surface area contributed by atoms with Crippen molar-refractivity contribution in [3.8, 4) is 11.8 Å². The van der Waals surface area contributed by atoms with Gasteiger partial charge in [0.15, 0.2) is 15.1 Å². The zero-order valence-electron chi connectivity index (χ0n) is 19.4. The van der Waals surface area contributed by atoms with E-state index >= 15 is 0 Å². The minimum Gasteiger partial charge on any atom is -0.507 e. The van der Waals surface area contributed by atoms with Crippen LogP contribution in [0, 0.1) is 11.3 Å². The summed E-state index contributed by atoms with van der Waals surface area (Å²) in [5.74, 6) is 0.262. The average Bonchev–Trinajstić information content (AvgIpc) is 2.57. The molecule has 1 unspecified atom stereocenters. The Labute approximate surface area is 182 Å². The van der Waals surface area contributed by atoms with Crippen LogP contribution in [0.2, 0.25) is 0 Å². The molecule has 5 heteroatoms. The molecule has 1 aromatic carbocycles. The van der Waals surface area contributed by atoms with E-state index in [-0.39, 0.29) is 23.0 Å². The summed E-state index contributed by atoms with van der Waals surface area (Å²) in [6.45, 7) is 12.1. The standard InChI is InChI=1S/C25H37NO3S/c1-24(2,3)21-15-18(16-22(23(21)27)25(4,5)6)14-20(17-26)30(28,29)19-12-10-8-7-9-11-13-19/h12,15-16,20,27H,7-11,13-14H2,1-6H3. The smallest absolute Gasteiger partial charge is 0.190 e. The van der Waals surface area contributed by atoms with E-state index in [0.717, 1.165) is 48.8 Å². The van der Waals surface area contributed by atoms with E-state index in [0.29, 0.717) is 11.3 Å². The fraction of sp³-hybridized carbons (Fsp3) is 0.640. The molecule has 0 radical (unpaired) electrons. The third-order valence-electron chi connectivity index (χ3n) is 5.84. The number of phenolic OH excluding ortho intramolecular Hbond substituents is 1. The van der Waals surface area contributed by atoms with Gasteiger partial charge in [0, 0.05) is 11.3 Å². The van der Waals surface area contributed by atoms with Crippen LogP contribution in [0.1, 0.15) is 96.8 Å². The topological polar surface area (TPSA) is 78.2 Å². The van der Waals surface area contributed by atoms with Crippen molar-refractivity contribution in [3.63, 3.8) is 0 Å². The van der Waals surface area contributed by atoms with E-state index in [9.17, 15) is 18.8 Å². The molecular weight excluding hydrogens is 394 g/mol. The molecule has 0 spiro atoms. The molecule has 1 N–H and O–H groups in total. The molecule has 0 aromatic heterocycles. The molecule has 0 saturated heterocycles. The summed E-state index contributed by atoms with van der Waals surface area (Å²) < 4.78 is 26.6. The molecule has 0 bridgehead atoms. The lowest BCUT2D eigenvalue weighted by molar-refractivity contribution is 0.422. The number of hydrogen-bond acceptors (Lipinski definition) is 4. The van der Waals surface area contributed by atoms with Crippen molar-refractivity contribution in [3.05, 3.63) is 39.8 Å². The average molecular weight is 432 g/mol. The quantitative estimate of drug-likeness (QED) is 0.627. The van der Waals surface area contributed by atoms with Gasteiger partial charge in [0.05, 0.1) is 6.07 Å². The molecule has 1 atom stereocenters. The molecule has 0 aliphatic heterocycles. The van der Waals surface area contributed by atoms with Crippen molar-refractivity contribution < 1.29 is 13.5 Å². The third-order valence-corrected chi connectivity index (χ3v) is 7.96. The van der Waals surface area contributed by atoms with E-state index < -0.39 is 15.1 Å². The molecule has 30 heavy (non-hydrogen) atoms. The Balaban J connectivity index is 2.49. The molecule has 4 nitrogen and oxygen atoms in total. The summed E-state index contributed by atoms with van der Waals surface area (Å²) in [6.07, 6.45) is 7.25. The van der Waals surface area contributed by atoms with Gasteiger partial charge in [-0.2, -0.15) is 5.26 Å². The molecule has 0 saturated carbocycles. The van der Waals surface area contributed by atoms with Crippen molar-refractivity contribution in [2.75, 3.05) is 0 Å². The monoisotopic (exact) mass is 431 g/mol. The Morgan fingerprint density at radius 3 is 2.03 bits per heavy atom. The van der Waals surface area contributed by atoms with Crippen molar-refractivity contribution in [2.24, 2.45) is 0 Å². The van der Waals surface area contributed by atoms with Gasteiger partial charge in [0.1, 0.15) is 5.75 Å². The van der Waals surface area contributed by atoms with E-state index in [4.69, 9.17) is 0 Å². The van der Waals surface area contributed by atoms with E-state index in [1.54, 1.807) is 0 Å². The zero-order valence-corrected chi connectivity index (χ0v) is 20.2. The van der Waals surface area contributed by atoms with Gasteiger partial charge in [-0.25, -0.2) is 8.42 Å². The van der Waals surface area contributed by atoms with Gasteiger partial charge in [-0.3, -0.25) is 0 Å². The van der Waals surface area contributed by atoms with Gasteiger partial charge in [0.2, 0.25) is 0 Å². The predicted octanol–water partition coefficient (Wildman–Crippen LogP) is 6.07. The molecule has 0 fully saturated rings. The van der Waals surface area contributed by atoms with Crippen LogP contribution in [-0.4, -0.2) is 18.8 Å². The number of sulfone groups is 1. The van der Waals surface area contributed by atoms with E-state index in [2.05, 4.69) is 6.07 Å². The Kier molecular flexibility index (Phi) is 7.45. The van der Waals surface area contributed by atoms with Crippen molar-refractivity contribution in [1.82, 2.24) is 0 Å². The highest BCUT2D eigenvalue weighted by atomic mass is 32.2. The Hall–Kier alpha value is -1.80. The molecule has 0 amide bonds. The summed E-state index contributed by atoms with van der Waals surface area (Å²) in [7, 11) is -3.68. The minimum atomic E-state index is -3.68. The van der Waals surface area contributed by atoms with Crippen LogP contribution in [0.25, 0.3) is 0 Å². The van der Waals surface area contributed by atoms with Crippen molar-refractivity contribution in [1.29, 1.82) is 5.26 Å². The normalized spacial score (nSPS) is 17.4. The lowest BCUT2D eigenvalue weighted by atomic mass is 9.78. The zero-order chi connectivity index (χ0) is 22.7. The van der Waals surface area contributed by atoms with Crippen molar-refractivity contribution >= 4 is 9.84 Å². The number of benzene rings is 1. The second kappa shape index (κ2) is 9.14. The SMILES string of the molecule is CC(C)(C)c1cc(CC(C#N)S(=O)(=O)C2=CCCCCCC2)cc(C(C)(C)C)c1O. The summed E-state index contributed by atoms with van der Waals surface area (Å²) in [5, 5.41) is 19.6. The number of nitriles is 1. The Morgan fingerprint density at radius 1 is 1.00 bits per heavy atom. The Morgan fingerprint density at radius 2 is 1.53 bits per heavy atom. The number of phenols is 1. The second-order valence-corrected chi connectivity index (χ2v) is 12.7. The molecule has 1 aliphatic carbocycles. The summed E-state index contributed by atoms with van der Waals surface area (Å²) in [6, 6.07) is 5.81. The molecule has 166 valence electrons. The highest BCUT2D eigenvalue weighted by molar-refractivity contribution is 7.96. The van der Waals surface area contributed by atoms with Gasteiger partial charge in [-0.1, -0.05) is 72.6 Å². The molecule has 0 heterocycles. The maximum atomic E-state index is 13.3. The largest absolute Gasteiger partial charge is 0.507 e. The number of aromatic hydroxyl groups is 1. The van der Waals surface area contributed by atoms with Gasteiger partial charge >= 0.3 is 0 Å². The summed E-state index contributed by atoms with van der Waals surface area (Å²) >= 11 is 0. The second-order valence-electron chi connectivity index (χ2n) is 10.5.